The lowest BCUT2D eigenvalue weighted by atomic mass is 10.0. The first-order valence-corrected chi connectivity index (χ1v) is 11.2. The zero-order valence-electron chi connectivity index (χ0n) is 18.4. The number of benzene rings is 2. The van der Waals surface area contributed by atoms with E-state index in [1.54, 1.807) is 23.1 Å². The number of carbonyl (C=O) groups excluding carboxylic acids is 1. The smallest absolute Gasteiger partial charge is 0.416 e. The van der Waals surface area contributed by atoms with Crippen molar-refractivity contribution in [2.75, 3.05) is 14.2 Å². The molecule has 0 saturated carbocycles. The molecular formula is C23H22F3N3O3S. The number of amidine groups is 2. The predicted octanol–water partition coefficient (Wildman–Crippen LogP) is 5.27. The van der Waals surface area contributed by atoms with E-state index in [1.165, 1.54) is 32.0 Å². The molecule has 0 saturated heterocycles. The maximum absolute atomic E-state index is 13.1. The largest absolute Gasteiger partial charge is 0.493 e. The van der Waals surface area contributed by atoms with Gasteiger partial charge in [-0.15, -0.1) is 0 Å². The lowest BCUT2D eigenvalue weighted by Crippen LogP contribution is -2.46. The Labute approximate surface area is 193 Å². The molecule has 0 spiro atoms. The number of rotatable bonds is 5. The van der Waals surface area contributed by atoms with Crippen molar-refractivity contribution in [3.05, 3.63) is 53.1 Å². The number of halogens is 3. The van der Waals surface area contributed by atoms with Crippen molar-refractivity contribution in [2.45, 2.75) is 31.8 Å². The van der Waals surface area contributed by atoms with E-state index < -0.39 is 17.8 Å². The summed E-state index contributed by atoms with van der Waals surface area (Å²) in [6.07, 6.45) is -4.42. The van der Waals surface area contributed by atoms with Crippen LogP contribution in [0.4, 0.5) is 18.9 Å². The highest BCUT2D eigenvalue weighted by molar-refractivity contribution is 8.13. The molecule has 2 aromatic carbocycles. The van der Waals surface area contributed by atoms with Gasteiger partial charge in [-0.2, -0.15) is 18.2 Å². The Kier molecular flexibility index (Phi) is 6.13. The van der Waals surface area contributed by atoms with Crippen molar-refractivity contribution in [3.63, 3.8) is 0 Å². The minimum absolute atomic E-state index is 0.0557. The lowest BCUT2D eigenvalue weighted by molar-refractivity contribution is -0.137. The van der Waals surface area contributed by atoms with Crippen molar-refractivity contribution in [1.82, 2.24) is 4.90 Å². The van der Waals surface area contributed by atoms with Gasteiger partial charge in [-0.1, -0.05) is 43.8 Å². The van der Waals surface area contributed by atoms with E-state index in [0.29, 0.717) is 39.3 Å². The zero-order valence-corrected chi connectivity index (χ0v) is 19.3. The van der Waals surface area contributed by atoms with Crippen LogP contribution in [-0.2, 0) is 16.7 Å². The van der Waals surface area contributed by atoms with Gasteiger partial charge < -0.3 is 9.47 Å². The van der Waals surface area contributed by atoms with Crippen LogP contribution in [0, 0.1) is 5.92 Å². The predicted molar refractivity (Wildman–Crippen MR) is 121 cm³/mol. The first-order chi connectivity index (χ1) is 15.6. The molecule has 2 aliphatic heterocycles. The quantitative estimate of drug-likeness (QED) is 0.587. The van der Waals surface area contributed by atoms with Gasteiger partial charge in [0.2, 0.25) is 0 Å². The lowest BCUT2D eigenvalue weighted by Gasteiger charge is -2.33. The van der Waals surface area contributed by atoms with Crippen molar-refractivity contribution < 1.29 is 27.4 Å². The van der Waals surface area contributed by atoms with Gasteiger partial charge in [0.25, 0.3) is 5.91 Å². The summed E-state index contributed by atoms with van der Waals surface area (Å²) in [7, 11) is 3.03. The molecule has 2 aromatic rings. The average Bonchev–Trinajstić information content (AvgIpc) is 3.13. The third kappa shape index (κ3) is 4.31. The van der Waals surface area contributed by atoms with E-state index >= 15 is 0 Å². The van der Waals surface area contributed by atoms with Crippen LogP contribution < -0.4 is 9.47 Å². The van der Waals surface area contributed by atoms with Crippen molar-refractivity contribution in [3.8, 4) is 11.5 Å². The molecule has 1 amide bonds. The summed E-state index contributed by atoms with van der Waals surface area (Å²) in [5.41, 5.74) is 0.978. The number of ether oxygens (including phenoxy) is 2. The maximum atomic E-state index is 13.1. The van der Waals surface area contributed by atoms with Gasteiger partial charge in [0, 0.05) is 17.4 Å². The molecule has 0 unspecified atom stereocenters. The van der Waals surface area contributed by atoms with Crippen LogP contribution >= 0.6 is 11.8 Å². The number of thioether (sulfide) groups is 1. The summed E-state index contributed by atoms with van der Waals surface area (Å²) in [4.78, 5) is 23.6. The molecule has 10 heteroatoms. The summed E-state index contributed by atoms with van der Waals surface area (Å²) in [5, 5.41) is 0.496. The van der Waals surface area contributed by atoms with Gasteiger partial charge in [-0.25, -0.2) is 4.99 Å². The zero-order chi connectivity index (χ0) is 23.9. The Hall–Kier alpha value is -3.01. The fraction of sp³-hybridized carbons (Fsp3) is 0.348. The van der Waals surface area contributed by atoms with E-state index in [2.05, 4.69) is 4.99 Å². The number of methoxy groups -OCH3 is 2. The van der Waals surface area contributed by atoms with Crippen molar-refractivity contribution in [1.29, 1.82) is 0 Å². The molecule has 1 atom stereocenters. The number of aliphatic imine (C=N–C) groups is 2. The minimum Gasteiger partial charge on any atom is -0.493 e. The molecule has 4 rings (SSSR count). The Balaban J connectivity index is 1.74. The van der Waals surface area contributed by atoms with Gasteiger partial charge in [-0.05, 0) is 23.6 Å². The fourth-order valence-electron chi connectivity index (χ4n) is 3.83. The summed E-state index contributed by atoms with van der Waals surface area (Å²) >= 11 is 1.26. The summed E-state index contributed by atoms with van der Waals surface area (Å²) < 4.78 is 50.1. The standard InChI is InChI=1S/C23H22F3N3O3S/c1-12(2)19-21(30)28-20-15-9-17(31-3)18(32-4)10-16(15)27-22(29(19)20)33-11-13-6-5-7-14(8-13)23(24,25)26/h5-10,12,19H,11H2,1-4H3/t19-/m1/s1. The molecule has 0 radical (unpaired) electrons. The summed E-state index contributed by atoms with van der Waals surface area (Å²) in [6.45, 7) is 3.83. The topological polar surface area (TPSA) is 63.5 Å². The number of nitrogens with zero attached hydrogens (tertiary/aromatic N) is 3. The molecule has 33 heavy (non-hydrogen) atoms. The Morgan fingerprint density at radius 3 is 2.42 bits per heavy atom. The van der Waals surface area contributed by atoms with Crippen molar-refractivity contribution >= 4 is 34.4 Å². The first kappa shape index (κ1) is 23.2. The third-order valence-corrected chi connectivity index (χ3v) is 6.42. The Morgan fingerprint density at radius 2 is 1.79 bits per heavy atom. The number of carbonyl (C=O) groups is 1. The highest BCUT2D eigenvalue weighted by Crippen LogP contribution is 2.42. The summed E-state index contributed by atoms with van der Waals surface area (Å²) in [5.74, 6) is 1.32. The molecule has 0 aliphatic carbocycles. The Morgan fingerprint density at radius 1 is 1.09 bits per heavy atom. The minimum atomic E-state index is -4.42. The van der Waals surface area contributed by atoms with E-state index in [-0.39, 0.29) is 17.6 Å². The third-order valence-electron chi connectivity index (χ3n) is 5.39. The molecule has 0 bridgehead atoms. The highest BCUT2D eigenvalue weighted by Gasteiger charge is 2.43. The normalized spacial score (nSPS) is 17.5. The van der Waals surface area contributed by atoms with Crippen LogP contribution in [0.5, 0.6) is 11.5 Å². The number of amides is 1. The van der Waals surface area contributed by atoms with E-state index in [9.17, 15) is 18.0 Å². The van der Waals surface area contributed by atoms with Crippen molar-refractivity contribution in [2.24, 2.45) is 15.9 Å². The monoisotopic (exact) mass is 477 g/mol. The number of hydrogen-bond acceptors (Lipinski definition) is 6. The van der Waals surface area contributed by atoms with Crippen LogP contribution in [-0.4, -0.2) is 42.1 Å². The van der Waals surface area contributed by atoms with Crippen LogP contribution in [0.3, 0.4) is 0 Å². The van der Waals surface area contributed by atoms with E-state index in [1.807, 2.05) is 13.8 Å². The van der Waals surface area contributed by atoms with Gasteiger partial charge in [0.1, 0.15) is 11.9 Å². The highest BCUT2D eigenvalue weighted by atomic mass is 32.2. The second kappa shape index (κ2) is 8.74. The number of hydrogen-bond donors (Lipinski definition) is 0. The molecule has 174 valence electrons. The van der Waals surface area contributed by atoms with Crippen LogP contribution in [0.2, 0.25) is 0 Å². The van der Waals surface area contributed by atoms with E-state index in [0.717, 1.165) is 12.1 Å². The SMILES string of the molecule is COc1cc2c(cc1OC)C1=NC(=O)[C@@H](C(C)C)N1C(SCc1cccc(C(F)(F)F)c1)=N2. The molecule has 6 nitrogen and oxygen atoms in total. The summed E-state index contributed by atoms with van der Waals surface area (Å²) in [6, 6.07) is 8.08. The van der Waals surface area contributed by atoms with Crippen LogP contribution in [0.15, 0.2) is 46.4 Å². The fourth-order valence-corrected chi connectivity index (χ4v) is 4.81. The number of fused-ring (bicyclic) bond motifs is 3. The van der Waals surface area contributed by atoms with E-state index in [4.69, 9.17) is 14.5 Å². The van der Waals surface area contributed by atoms with Gasteiger partial charge in [0.15, 0.2) is 16.7 Å². The second-order valence-electron chi connectivity index (χ2n) is 7.94. The number of alkyl halides is 3. The maximum Gasteiger partial charge on any atom is 0.416 e. The Bertz CT molecular complexity index is 1160. The second-order valence-corrected chi connectivity index (χ2v) is 8.88. The molecule has 0 aromatic heterocycles. The average molecular weight is 478 g/mol. The molecule has 2 aliphatic rings. The first-order valence-electron chi connectivity index (χ1n) is 10.2. The van der Waals surface area contributed by atoms with Gasteiger partial charge in [0.05, 0.1) is 25.5 Å². The van der Waals surface area contributed by atoms with Gasteiger partial charge in [-0.3, -0.25) is 9.69 Å². The van der Waals surface area contributed by atoms with Crippen LogP contribution in [0.1, 0.15) is 30.5 Å². The molecule has 0 fully saturated rings. The molecular weight excluding hydrogens is 455 g/mol. The molecule has 2 heterocycles. The molecule has 0 N–H and O–H groups in total. The van der Waals surface area contributed by atoms with Gasteiger partial charge >= 0.3 is 6.18 Å². The van der Waals surface area contributed by atoms with Crippen LogP contribution in [0.25, 0.3) is 0 Å².